The first-order valence-corrected chi connectivity index (χ1v) is 9.95. The summed E-state index contributed by atoms with van der Waals surface area (Å²) in [5.41, 5.74) is 2.37. The van der Waals surface area contributed by atoms with Crippen LogP contribution in [0.4, 0.5) is 5.69 Å². The van der Waals surface area contributed by atoms with Gasteiger partial charge in [0.25, 0.3) is 0 Å². The van der Waals surface area contributed by atoms with E-state index in [4.69, 9.17) is 4.74 Å². The maximum atomic E-state index is 5.93. The highest BCUT2D eigenvalue weighted by molar-refractivity contribution is 5.69. The highest BCUT2D eigenvalue weighted by Crippen LogP contribution is 2.29. The number of benzene rings is 1. The lowest BCUT2D eigenvalue weighted by atomic mass is 9.95. The summed E-state index contributed by atoms with van der Waals surface area (Å²) in [5, 5.41) is 12.4. The zero-order valence-electron chi connectivity index (χ0n) is 15.3. The maximum absolute atomic E-state index is 5.93. The highest BCUT2D eigenvalue weighted by Gasteiger charge is 2.19. The number of tetrazole rings is 1. The Morgan fingerprint density at radius 2 is 2.04 bits per heavy atom. The first-order valence-electron chi connectivity index (χ1n) is 9.95. The van der Waals surface area contributed by atoms with E-state index in [9.17, 15) is 0 Å². The molecule has 4 rings (SSSR count). The zero-order chi connectivity index (χ0) is 17.6. The Morgan fingerprint density at radius 3 is 2.96 bits per heavy atom. The quantitative estimate of drug-likeness (QED) is 0.699. The largest absolute Gasteiger partial charge is 0.494 e. The van der Waals surface area contributed by atoms with Gasteiger partial charge in [0.2, 0.25) is 0 Å². The van der Waals surface area contributed by atoms with Crippen molar-refractivity contribution in [3.8, 4) is 5.75 Å². The average molecular weight is 353 g/mol. The fourth-order valence-corrected chi connectivity index (χ4v) is 3.92. The molecule has 2 aromatic rings. The van der Waals surface area contributed by atoms with Crippen molar-refractivity contribution in [1.29, 1.82) is 0 Å². The first-order chi connectivity index (χ1) is 12.9. The lowest BCUT2D eigenvalue weighted by Crippen LogP contribution is -2.17. The number of hydrogen-bond donors (Lipinski definition) is 0. The molecule has 1 aliphatic heterocycles. The van der Waals surface area contributed by atoms with E-state index >= 15 is 0 Å². The molecule has 0 saturated heterocycles. The van der Waals surface area contributed by atoms with Crippen LogP contribution in [0.1, 0.15) is 68.8 Å². The van der Waals surface area contributed by atoms with E-state index in [0.717, 1.165) is 56.0 Å². The van der Waals surface area contributed by atoms with Crippen molar-refractivity contribution in [2.24, 2.45) is 4.99 Å². The molecule has 1 aliphatic carbocycles. The number of unbranched alkanes of at least 4 members (excludes halogenated alkanes) is 1. The summed E-state index contributed by atoms with van der Waals surface area (Å²) in [6.45, 7) is 0.729. The second-order valence-electron chi connectivity index (χ2n) is 7.28. The summed E-state index contributed by atoms with van der Waals surface area (Å²) in [5.74, 6) is 1.98. The Morgan fingerprint density at radius 1 is 1.12 bits per heavy atom. The third kappa shape index (κ3) is 4.11. The Balaban J connectivity index is 1.22. The first kappa shape index (κ1) is 17.2. The molecule has 1 fully saturated rings. The number of rotatable bonds is 7. The average Bonchev–Trinajstić information content (AvgIpc) is 3.17. The molecule has 0 unspecified atom stereocenters. The van der Waals surface area contributed by atoms with Gasteiger partial charge >= 0.3 is 0 Å². The van der Waals surface area contributed by atoms with Gasteiger partial charge in [-0.2, -0.15) is 0 Å². The molecule has 138 valence electrons. The van der Waals surface area contributed by atoms with Crippen molar-refractivity contribution in [3.05, 3.63) is 29.6 Å². The molecule has 6 nitrogen and oxygen atoms in total. The standard InChI is InChI=1S/C20H27N5O/c1-2-8-17(9-3-1)25-20(22-23-24-25)10-4-5-14-26-18-11-12-19-16(15-18)7-6-13-21-19/h11-13,15,17H,1-10,14H2. The second kappa shape index (κ2) is 8.43. The van der Waals surface area contributed by atoms with Crippen LogP contribution < -0.4 is 4.74 Å². The lowest BCUT2D eigenvalue weighted by Gasteiger charge is -2.22. The van der Waals surface area contributed by atoms with Crippen molar-refractivity contribution < 1.29 is 4.74 Å². The van der Waals surface area contributed by atoms with Gasteiger partial charge in [-0.15, -0.1) is 5.10 Å². The summed E-state index contributed by atoms with van der Waals surface area (Å²) in [6, 6.07) is 6.71. The second-order valence-corrected chi connectivity index (χ2v) is 7.28. The van der Waals surface area contributed by atoms with Gasteiger partial charge < -0.3 is 4.74 Å². The molecular formula is C20H27N5O. The summed E-state index contributed by atoms with van der Waals surface area (Å²) in [4.78, 5) is 4.42. The van der Waals surface area contributed by atoms with Gasteiger partial charge in [0.15, 0.2) is 5.82 Å². The SMILES string of the molecule is C1=Nc2ccc(OCCCCc3nnnn3C3CCCCC3)cc2CC1. The Kier molecular flexibility index (Phi) is 5.57. The Bertz CT molecular complexity index is 748. The van der Waals surface area contributed by atoms with E-state index in [2.05, 4.69) is 37.3 Å². The van der Waals surface area contributed by atoms with Crippen LogP contribution in [-0.4, -0.2) is 33.0 Å². The fraction of sp³-hybridized carbons (Fsp3) is 0.600. The molecule has 0 N–H and O–H groups in total. The molecule has 1 saturated carbocycles. The summed E-state index contributed by atoms with van der Waals surface area (Å²) >= 11 is 0. The van der Waals surface area contributed by atoms with E-state index < -0.39 is 0 Å². The minimum Gasteiger partial charge on any atom is -0.494 e. The van der Waals surface area contributed by atoms with Crippen molar-refractivity contribution >= 4 is 11.9 Å². The molecule has 0 amide bonds. The lowest BCUT2D eigenvalue weighted by molar-refractivity contribution is 0.300. The van der Waals surface area contributed by atoms with E-state index in [1.54, 1.807) is 0 Å². The predicted molar refractivity (Wildman–Crippen MR) is 101 cm³/mol. The van der Waals surface area contributed by atoms with Crippen LogP contribution in [0.2, 0.25) is 0 Å². The third-order valence-electron chi connectivity index (χ3n) is 5.37. The molecule has 6 heteroatoms. The summed E-state index contributed by atoms with van der Waals surface area (Å²) in [7, 11) is 0. The molecule has 0 atom stereocenters. The van der Waals surface area contributed by atoms with Gasteiger partial charge in [-0.1, -0.05) is 19.3 Å². The van der Waals surface area contributed by atoms with Gasteiger partial charge in [-0.3, -0.25) is 4.99 Å². The summed E-state index contributed by atoms with van der Waals surface area (Å²) < 4.78 is 8.00. The fourth-order valence-electron chi connectivity index (χ4n) is 3.92. The van der Waals surface area contributed by atoms with E-state index in [-0.39, 0.29) is 0 Å². The van der Waals surface area contributed by atoms with Crippen LogP contribution in [0.15, 0.2) is 23.2 Å². The van der Waals surface area contributed by atoms with Crippen LogP contribution in [-0.2, 0) is 12.8 Å². The molecule has 2 aliphatic rings. The van der Waals surface area contributed by atoms with Crippen LogP contribution in [0.5, 0.6) is 5.75 Å². The third-order valence-corrected chi connectivity index (χ3v) is 5.37. The maximum Gasteiger partial charge on any atom is 0.151 e. The monoisotopic (exact) mass is 353 g/mol. The van der Waals surface area contributed by atoms with Gasteiger partial charge in [0.1, 0.15) is 5.75 Å². The van der Waals surface area contributed by atoms with Gasteiger partial charge in [0.05, 0.1) is 18.3 Å². The predicted octanol–water partition coefficient (Wildman–Crippen LogP) is 4.23. The number of ether oxygens (including phenoxy) is 1. The molecule has 1 aromatic heterocycles. The number of aryl methyl sites for hydroxylation is 2. The topological polar surface area (TPSA) is 65.2 Å². The highest BCUT2D eigenvalue weighted by atomic mass is 16.5. The molecule has 2 heterocycles. The van der Waals surface area contributed by atoms with Crippen LogP contribution in [0.25, 0.3) is 0 Å². The minimum atomic E-state index is 0.503. The minimum absolute atomic E-state index is 0.503. The molecule has 0 spiro atoms. The van der Waals surface area contributed by atoms with Gasteiger partial charge in [0, 0.05) is 12.6 Å². The van der Waals surface area contributed by atoms with Crippen molar-refractivity contribution in [1.82, 2.24) is 20.2 Å². The number of nitrogens with zero attached hydrogens (tertiary/aromatic N) is 5. The Hall–Kier alpha value is -2.24. The molecule has 0 bridgehead atoms. The summed E-state index contributed by atoms with van der Waals surface area (Å²) in [6.07, 6.45) is 13.4. The van der Waals surface area contributed by atoms with E-state index in [1.165, 1.54) is 37.7 Å². The van der Waals surface area contributed by atoms with E-state index in [1.807, 2.05) is 12.3 Å². The van der Waals surface area contributed by atoms with Gasteiger partial charge in [-0.25, -0.2) is 4.68 Å². The number of fused-ring (bicyclic) bond motifs is 1. The van der Waals surface area contributed by atoms with Crippen molar-refractivity contribution in [3.63, 3.8) is 0 Å². The molecule has 26 heavy (non-hydrogen) atoms. The van der Waals surface area contributed by atoms with Crippen molar-refractivity contribution in [2.45, 2.75) is 70.3 Å². The van der Waals surface area contributed by atoms with E-state index in [0.29, 0.717) is 6.04 Å². The van der Waals surface area contributed by atoms with Crippen LogP contribution >= 0.6 is 0 Å². The zero-order valence-corrected chi connectivity index (χ0v) is 15.3. The Labute approximate surface area is 154 Å². The van der Waals surface area contributed by atoms with Gasteiger partial charge in [-0.05, 0) is 72.7 Å². The van der Waals surface area contributed by atoms with Crippen LogP contribution in [0.3, 0.4) is 0 Å². The molecule has 0 radical (unpaired) electrons. The smallest absolute Gasteiger partial charge is 0.151 e. The normalized spacial score (nSPS) is 17.2. The van der Waals surface area contributed by atoms with Crippen molar-refractivity contribution in [2.75, 3.05) is 6.61 Å². The van der Waals surface area contributed by atoms with Crippen LogP contribution in [0, 0.1) is 0 Å². The number of hydrogen-bond acceptors (Lipinski definition) is 5. The number of aliphatic imine (C=N–C) groups is 1. The molecular weight excluding hydrogens is 326 g/mol. The molecule has 1 aromatic carbocycles. The number of aromatic nitrogens is 4.